The highest BCUT2D eigenvalue weighted by Gasteiger charge is 2.43. The number of anilines is 1. The van der Waals surface area contributed by atoms with E-state index in [2.05, 4.69) is 17.6 Å². The maximum absolute atomic E-state index is 11.9. The molecule has 1 aliphatic heterocycles. The summed E-state index contributed by atoms with van der Waals surface area (Å²) >= 11 is 0. The average molecular weight is 475 g/mol. The van der Waals surface area contributed by atoms with Crippen molar-refractivity contribution in [3.63, 3.8) is 0 Å². The summed E-state index contributed by atoms with van der Waals surface area (Å²) < 4.78 is 0. The number of likely N-dealkylation sites (tertiary alicyclic amines) is 1. The van der Waals surface area contributed by atoms with E-state index in [9.17, 15) is 14.9 Å². The first-order valence-electron chi connectivity index (χ1n) is 11.0. The van der Waals surface area contributed by atoms with Gasteiger partial charge in [-0.3, -0.25) is 25.1 Å². The van der Waals surface area contributed by atoms with Gasteiger partial charge in [0.25, 0.3) is 0 Å². The molecule has 1 fully saturated rings. The highest BCUT2D eigenvalue weighted by Crippen LogP contribution is 2.36. The number of hydrogen-bond donors (Lipinski definition) is 3. The SMILES string of the molecule is C=Cc1c(C(C)=O)ccc(C2CN(CC(C=N)=C[NH2+]c3cc(C)c(C#N)cn3)CC2[N+](=O)[O-])c1N. The van der Waals surface area contributed by atoms with Crippen LogP contribution in [-0.2, 0) is 0 Å². The van der Waals surface area contributed by atoms with E-state index in [1.165, 1.54) is 25.4 Å². The fourth-order valence-corrected chi connectivity index (χ4v) is 4.40. The second-order valence-corrected chi connectivity index (χ2v) is 8.53. The maximum Gasteiger partial charge on any atom is 0.233 e. The van der Waals surface area contributed by atoms with Gasteiger partial charge in [-0.15, -0.1) is 0 Å². The van der Waals surface area contributed by atoms with Crippen molar-refractivity contribution in [3.05, 3.63) is 80.7 Å². The van der Waals surface area contributed by atoms with Crippen LogP contribution in [0.25, 0.3) is 6.08 Å². The summed E-state index contributed by atoms with van der Waals surface area (Å²) in [6.07, 6.45) is 5.98. The van der Waals surface area contributed by atoms with Crippen LogP contribution < -0.4 is 11.1 Å². The monoisotopic (exact) mass is 474 g/mol. The van der Waals surface area contributed by atoms with E-state index in [-0.39, 0.29) is 17.3 Å². The van der Waals surface area contributed by atoms with Crippen LogP contribution in [0.5, 0.6) is 0 Å². The third-order valence-electron chi connectivity index (χ3n) is 6.25. The van der Waals surface area contributed by atoms with E-state index >= 15 is 0 Å². The molecule has 0 spiro atoms. The largest absolute Gasteiger partial charge is 0.398 e. The number of rotatable bonds is 9. The number of nitrogens with zero attached hydrogens (tertiary/aromatic N) is 4. The molecule has 10 nitrogen and oxygen atoms in total. The summed E-state index contributed by atoms with van der Waals surface area (Å²) in [4.78, 5) is 29.7. The Morgan fingerprint density at radius 2 is 2.23 bits per heavy atom. The maximum atomic E-state index is 11.9. The lowest BCUT2D eigenvalue weighted by molar-refractivity contribution is -0.521. The third kappa shape index (κ3) is 5.48. The lowest BCUT2D eigenvalue weighted by atomic mass is 9.89. The minimum atomic E-state index is -0.878. The van der Waals surface area contributed by atoms with Crippen molar-refractivity contribution in [2.24, 2.45) is 0 Å². The lowest BCUT2D eigenvalue weighted by Gasteiger charge is -2.18. The number of hydrogen-bond acceptors (Lipinski definition) is 8. The highest BCUT2D eigenvalue weighted by atomic mass is 16.6. The predicted molar refractivity (Wildman–Crippen MR) is 133 cm³/mol. The molecule has 1 aromatic carbocycles. The van der Waals surface area contributed by atoms with Crippen LogP contribution in [0.3, 0.4) is 0 Å². The van der Waals surface area contributed by atoms with Crippen molar-refractivity contribution in [2.45, 2.75) is 25.8 Å². The number of carbonyl (C=O) groups is 1. The minimum absolute atomic E-state index is 0.152. The molecule has 0 amide bonds. The normalized spacial score (nSPS) is 18.1. The van der Waals surface area contributed by atoms with Crippen LogP contribution in [-0.4, -0.2) is 52.5 Å². The smallest absolute Gasteiger partial charge is 0.233 e. The molecule has 2 atom stereocenters. The Morgan fingerprint density at radius 1 is 1.49 bits per heavy atom. The number of Topliss-reactive ketones (excluding diaryl/α,β-unsaturated/α-hetero) is 1. The molecular weight excluding hydrogens is 446 g/mol. The van der Waals surface area contributed by atoms with Gasteiger partial charge in [0.2, 0.25) is 11.9 Å². The Hall–Kier alpha value is -4.20. The highest BCUT2D eigenvalue weighted by molar-refractivity contribution is 6.00. The fourth-order valence-electron chi connectivity index (χ4n) is 4.40. The molecule has 0 bridgehead atoms. The van der Waals surface area contributed by atoms with Gasteiger partial charge in [-0.25, -0.2) is 4.98 Å². The minimum Gasteiger partial charge on any atom is -0.398 e. The zero-order valence-corrected chi connectivity index (χ0v) is 19.7. The summed E-state index contributed by atoms with van der Waals surface area (Å²) in [5.74, 6) is 0.0307. The van der Waals surface area contributed by atoms with Crippen LogP contribution in [0.15, 0.2) is 42.7 Å². The Morgan fingerprint density at radius 3 is 2.80 bits per heavy atom. The Balaban J connectivity index is 1.82. The van der Waals surface area contributed by atoms with E-state index in [0.29, 0.717) is 52.4 Å². The Kier molecular flexibility index (Phi) is 7.86. The van der Waals surface area contributed by atoms with E-state index in [0.717, 1.165) is 5.56 Å². The molecule has 0 saturated carbocycles. The Labute approximate surface area is 203 Å². The molecule has 3 rings (SSSR count). The molecule has 180 valence electrons. The first-order chi connectivity index (χ1) is 16.7. The zero-order chi connectivity index (χ0) is 25.7. The summed E-state index contributed by atoms with van der Waals surface area (Å²) in [6, 6.07) is 6.33. The number of nitrogens with one attached hydrogen (secondary N) is 1. The van der Waals surface area contributed by atoms with Crippen LogP contribution in [0.2, 0.25) is 0 Å². The van der Waals surface area contributed by atoms with Crippen molar-refractivity contribution in [2.75, 3.05) is 25.4 Å². The quantitative estimate of drug-likeness (QED) is 0.165. The van der Waals surface area contributed by atoms with E-state index in [1.807, 2.05) is 11.8 Å². The predicted octanol–water partition coefficient (Wildman–Crippen LogP) is 2.16. The van der Waals surface area contributed by atoms with Gasteiger partial charge in [-0.05, 0) is 25.0 Å². The molecular formula is C25H28N7O3+. The van der Waals surface area contributed by atoms with Gasteiger partial charge in [-0.1, -0.05) is 24.8 Å². The molecule has 2 heterocycles. The van der Waals surface area contributed by atoms with E-state index in [1.54, 1.807) is 29.7 Å². The summed E-state index contributed by atoms with van der Waals surface area (Å²) in [5, 5.41) is 30.5. The standard InChI is InChI=1S/C25H27N7O3/c1-4-19-20(16(3)33)5-6-21(25(19)28)22-13-31(14-23(22)32(34)35)12-17(8-26)10-29-24-7-15(2)18(9-27)11-30-24/h4-8,10-11,22-23,26H,1,12-14,28H2,2-3H3,(H,29,30)/p+1. The first-order valence-corrected chi connectivity index (χ1v) is 11.0. The van der Waals surface area contributed by atoms with Gasteiger partial charge in [0.1, 0.15) is 12.3 Å². The second kappa shape index (κ2) is 10.8. The molecule has 0 radical (unpaired) electrons. The molecule has 0 aliphatic carbocycles. The number of carbonyl (C=O) groups excluding carboxylic acids is 1. The molecule has 2 aromatic rings. The van der Waals surface area contributed by atoms with Crippen LogP contribution in [0.4, 0.5) is 11.5 Å². The average Bonchev–Trinajstić information content (AvgIpc) is 3.25. The van der Waals surface area contributed by atoms with E-state index < -0.39 is 12.0 Å². The topological polar surface area (TPSA) is 167 Å². The van der Waals surface area contributed by atoms with Crippen molar-refractivity contribution in [3.8, 4) is 6.07 Å². The van der Waals surface area contributed by atoms with Gasteiger partial charge in [0.15, 0.2) is 5.78 Å². The molecule has 2 unspecified atom stereocenters. The number of quaternary nitrogens is 1. The summed E-state index contributed by atoms with van der Waals surface area (Å²) in [7, 11) is 0. The fraction of sp³-hybridized carbons (Fsp3) is 0.280. The number of nitro groups is 1. The number of aromatic nitrogens is 1. The second-order valence-electron chi connectivity index (χ2n) is 8.53. The number of benzene rings is 1. The van der Waals surface area contributed by atoms with Crippen molar-refractivity contribution in [1.29, 1.82) is 10.7 Å². The first kappa shape index (κ1) is 25.4. The number of nitriles is 1. The number of pyridine rings is 1. The third-order valence-corrected chi connectivity index (χ3v) is 6.25. The molecule has 1 saturated heterocycles. The van der Waals surface area contributed by atoms with Crippen LogP contribution >= 0.6 is 0 Å². The number of ketones is 1. The van der Waals surface area contributed by atoms with Gasteiger partial charge in [0.05, 0.1) is 24.2 Å². The van der Waals surface area contributed by atoms with Gasteiger partial charge < -0.3 is 11.1 Å². The lowest BCUT2D eigenvalue weighted by Crippen LogP contribution is -2.72. The summed E-state index contributed by atoms with van der Waals surface area (Å²) in [6.45, 7) is 7.94. The van der Waals surface area contributed by atoms with Crippen molar-refractivity contribution < 1.29 is 15.0 Å². The number of nitrogens with two attached hydrogens (primary N) is 2. The van der Waals surface area contributed by atoms with Gasteiger partial charge >= 0.3 is 0 Å². The molecule has 10 heteroatoms. The van der Waals surface area contributed by atoms with Crippen molar-refractivity contribution >= 4 is 29.6 Å². The zero-order valence-electron chi connectivity index (χ0n) is 19.7. The molecule has 5 N–H and O–H groups in total. The van der Waals surface area contributed by atoms with Crippen LogP contribution in [0, 0.1) is 33.8 Å². The van der Waals surface area contributed by atoms with Crippen molar-refractivity contribution in [1.82, 2.24) is 9.88 Å². The van der Waals surface area contributed by atoms with E-state index in [4.69, 9.17) is 16.4 Å². The Bertz CT molecular complexity index is 1260. The molecule has 1 aliphatic rings. The number of nitrogen functional groups attached to an aromatic ring is 1. The summed E-state index contributed by atoms with van der Waals surface area (Å²) in [5.41, 5.74) is 10.2. The molecule has 35 heavy (non-hydrogen) atoms. The van der Waals surface area contributed by atoms with Gasteiger partial charge in [-0.2, -0.15) is 5.26 Å². The van der Waals surface area contributed by atoms with Gasteiger partial charge in [0, 0.05) is 52.7 Å². The molecule has 1 aromatic heterocycles. The number of aryl methyl sites for hydroxylation is 1. The van der Waals surface area contributed by atoms with Crippen LogP contribution in [0.1, 0.15) is 45.5 Å².